The lowest BCUT2D eigenvalue weighted by Crippen LogP contribution is -2.55. The Labute approximate surface area is 197 Å². The van der Waals surface area contributed by atoms with Gasteiger partial charge in [0.05, 0.1) is 0 Å². The van der Waals surface area contributed by atoms with Crippen LogP contribution in [-0.2, 0) is 9.59 Å². The number of fused-ring (bicyclic) bond motifs is 1. The Morgan fingerprint density at radius 1 is 1.12 bits per heavy atom. The van der Waals surface area contributed by atoms with Gasteiger partial charge >= 0.3 is 0 Å². The van der Waals surface area contributed by atoms with E-state index in [0.717, 1.165) is 37.0 Å². The number of nitrogens with zero attached hydrogens (tertiary/aromatic N) is 2. The molecule has 0 aliphatic carbocycles. The summed E-state index contributed by atoms with van der Waals surface area (Å²) in [7, 11) is -1.71. The maximum atomic E-state index is 13.2. The molecule has 6 nitrogen and oxygen atoms in total. The van der Waals surface area contributed by atoms with Crippen LogP contribution in [0.1, 0.15) is 52.0 Å². The first-order valence-electron chi connectivity index (χ1n) is 12.0. The van der Waals surface area contributed by atoms with Crippen LogP contribution in [0.25, 0.3) is 6.08 Å². The van der Waals surface area contributed by atoms with Crippen LogP contribution in [0.5, 0.6) is 0 Å². The van der Waals surface area contributed by atoms with Gasteiger partial charge in [-0.3, -0.25) is 9.59 Å². The van der Waals surface area contributed by atoms with Crippen molar-refractivity contribution >= 4 is 36.8 Å². The van der Waals surface area contributed by atoms with Gasteiger partial charge in [0.15, 0.2) is 12.4 Å². The van der Waals surface area contributed by atoms with Gasteiger partial charge in [0.2, 0.25) is 11.8 Å². The number of nitrogens with one attached hydrogen (secondary N) is 1. The van der Waals surface area contributed by atoms with Gasteiger partial charge in [0.1, 0.15) is 0 Å². The Morgan fingerprint density at radius 2 is 1.88 bits per heavy atom. The van der Waals surface area contributed by atoms with E-state index in [1.54, 1.807) is 18.2 Å². The molecule has 2 amide bonds. The lowest BCUT2D eigenvalue weighted by Gasteiger charge is -2.44. The summed E-state index contributed by atoms with van der Waals surface area (Å²) in [6.45, 7) is 7.37. The summed E-state index contributed by atoms with van der Waals surface area (Å²) >= 11 is 0. The molecule has 1 aromatic heterocycles. The predicted octanol–water partition coefficient (Wildman–Crippen LogP) is 3.68. The molecule has 0 bridgehead atoms. The molecule has 1 unspecified atom stereocenters. The van der Waals surface area contributed by atoms with Gasteiger partial charge in [0.25, 0.3) is 0 Å². The molecule has 0 saturated heterocycles. The summed E-state index contributed by atoms with van der Waals surface area (Å²) in [5.41, 5.74) is 2.10. The van der Waals surface area contributed by atoms with Crippen molar-refractivity contribution < 1.29 is 14.3 Å². The van der Waals surface area contributed by atoms with Gasteiger partial charge < -0.3 is 15.4 Å². The summed E-state index contributed by atoms with van der Waals surface area (Å²) in [4.78, 5) is 27.2. The highest BCUT2D eigenvalue weighted by molar-refractivity contribution is 6.96. The Bertz CT molecular complexity index is 1000. The first-order valence-corrected chi connectivity index (χ1v) is 14.5. The summed E-state index contributed by atoms with van der Waals surface area (Å²) < 4.78 is 0.701. The van der Waals surface area contributed by atoms with Crippen LogP contribution in [0.3, 0.4) is 0 Å². The van der Waals surface area contributed by atoms with Gasteiger partial charge in [-0.25, -0.2) is 0 Å². The van der Waals surface area contributed by atoms with Crippen molar-refractivity contribution in [1.82, 2.24) is 5.32 Å². The number of carbonyl (C=O) groups excluding carboxylic acids is 2. The van der Waals surface area contributed by atoms with E-state index in [4.69, 9.17) is 0 Å². The Hall–Kier alpha value is -2.93. The summed E-state index contributed by atoms with van der Waals surface area (Å²) in [5, 5.41) is 15.5. The smallest absolute Gasteiger partial charge is 0.244 e. The Balaban J connectivity index is 1.43. The molecule has 177 valence electrons. The number of amides is 2. The average Bonchev–Trinajstić information content (AvgIpc) is 3.07. The first-order chi connectivity index (χ1) is 15.9. The van der Waals surface area contributed by atoms with E-state index in [2.05, 4.69) is 49.2 Å². The number of carbonyl (C=O) groups is 2. The second-order valence-electron chi connectivity index (χ2n) is 8.75. The number of aromatic nitrogens is 1. The number of pyridine rings is 1. The third-order valence-electron chi connectivity index (χ3n) is 7.01. The number of hydrogen-bond donors (Lipinski definition) is 1. The molecule has 1 N–H and O–H groups in total. The van der Waals surface area contributed by atoms with Gasteiger partial charge in [-0.2, -0.15) is 22.0 Å². The highest BCUT2D eigenvalue weighted by Crippen LogP contribution is 2.36. The molecule has 2 aromatic rings. The van der Waals surface area contributed by atoms with Crippen molar-refractivity contribution in [3.05, 3.63) is 65.6 Å². The van der Waals surface area contributed by atoms with E-state index in [-0.39, 0.29) is 11.8 Å². The molecule has 0 fully saturated rings. The maximum Gasteiger partial charge on any atom is 0.244 e. The SMILES string of the molecule is CC[Si-]1(CC)c2ccccc2N(C(=O)CCCCCNC(=O)/C=C/c2ccc[n+]([O-])c2)C1C. The van der Waals surface area contributed by atoms with Crippen molar-refractivity contribution in [2.24, 2.45) is 0 Å². The van der Waals surface area contributed by atoms with Crippen molar-refractivity contribution in [2.75, 3.05) is 11.4 Å². The second-order valence-corrected chi connectivity index (χ2v) is 13.9. The molecule has 0 saturated carbocycles. The second kappa shape index (κ2) is 11.3. The quantitative estimate of drug-likeness (QED) is 0.191. The lowest BCUT2D eigenvalue weighted by molar-refractivity contribution is -0.605. The van der Waals surface area contributed by atoms with Crippen LogP contribution in [0.2, 0.25) is 12.1 Å². The molecule has 7 heteroatoms. The zero-order chi connectivity index (χ0) is 23.8. The number of hydrogen-bond acceptors (Lipinski definition) is 3. The molecule has 0 spiro atoms. The minimum Gasteiger partial charge on any atom is -0.619 e. The molecule has 3 rings (SSSR count). The van der Waals surface area contributed by atoms with Crippen LogP contribution >= 0.6 is 0 Å². The van der Waals surface area contributed by atoms with Crippen molar-refractivity contribution in [1.29, 1.82) is 0 Å². The fourth-order valence-electron chi connectivity index (χ4n) is 5.07. The van der Waals surface area contributed by atoms with Crippen molar-refractivity contribution in [3.8, 4) is 0 Å². The molecule has 1 aliphatic heterocycles. The van der Waals surface area contributed by atoms with E-state index in [0.29, 0.717) is 28.9 Å². The van der Waals surface area contributed by atoms with E-state index in [1.165, 1.54) is 23.7 Å². The highest BCUT2D eigenvalue weighted by Gasteiger charge is 2.39. The third-order valence-corrected chi connectivity index (χ3v) is 12.9. The molecule has 2 heterocycles. The minimum absolute atomic E-state index is 0.185. The van der Waals surface area contributed by atoms with Crippen LogP contribution < -0.4 is 20.1 Å². The van der Waals surface area contributed by atoms with Crippen molar-refractivity contribution in [2.45, 2.75) is 64.2 Å². The van der Waals surface area contributed by atoms with Crippen LogP contribution in [0, 0.1) is 5.21 Å². The Kier molecular flexibility index (Phi) is 8.44. The number of benzene rings is 1. The van der Waals surface area contributed by atoms with E-state index < -0.39 is 8.07 Å². The van der Waals surface area contributed by atoms with Crippen LogP contribution in [0.15, 0.2) is 54.9 Å². The van der Waals surface area contributed by atoms with Gasteiger partial charge in [-0.15, -0.1) is 0 Å². The summed E-state index contributed by atoms with van der Waals surface area (Å²) in [6.07, 6.45) is 8.93. The molecule has 0 radical (unpaired) electrons. The molecule has 33 heavy (non-hydrogen) atoms. The minimum atomic E-state index is -1.71. The predicted molar refractivity (Wildman–Crippen MR) is 136 cm³/mol. The lowest BCUT2D eigenvalue weighted by atomic mass is 10.1. The number of para-hydroxylation sites is 1. The summed E-state index contributed by atoms with van der Waals surface area (Å²) in [6, 6.07) is 14.2. The largest absolute Gasteiger partial charge is 0.619 e. The van der Waals surface area contributed by atoms with Crippen LogP contribution in [-0.4, -0.2) is 32.1 Å². The average molecular weight is 466 g/mol. The zero-order valence-electron chi connectivity index (χ0n) is 19.9. The van der Waals surface area contributed by atoms with E-state index in [9.17, 15) is 14.8 Å². The first kappa shape index (κ1) is 24.7. The number of rotatable bonds is 10. The third kappa shape index (κ3) is 5.53. The van der Waals surface area contributed by atoms with Gasteiger partial charge in [0, 0.05) is 36.4 Å². The topological polar surface area (TPSA) is 76.4 Å². The molecule has 1 aliphatic rings. The normalized spacial score (nSPS) is 16.7. The Morgan fingerprint density at radius 3 is 2.61 bits per heavy atom. The molecule has 1 aromatic carbocycles. The van der Waals surface area contributed by atoms with E-state index in [1.807, 2.05) is 6.07 Å². The monoisotopic (exact) mass is 465 g/mol. The fourth-order valence-corrected chi connectivity index (χ4v) is 9.88. The molecular formula is C26H35N3O3Si-. The van der Waals surface area contributed by atoms with Gasteiger partial charge in [-0.05, 0) is 31.1 Å². The summed E-state index contributed by atoms with van der Waals surface area (Å²) in [5.74, 6) is 0.0342. The van der Waals surface area contributed by atoms with Crippen molar-refractivity contribution in [3.63, 3.8) is 0 Å². The zero-order valence-corrected chi connectivity index (χ0v) is 20.9. The maximum absolute atomic E-state index is 13.2. The number of unbranched alkanes of at least 4 members (excludes halogenated alkanes) is 2. The standard InChI is InChI=1S/C26H35N3O3Si/c1-4-33(5-2)21(3)29(23-13-8-9-14-24(23)33)26(31)15-7-6-10-18-27-25(30)17-16-22-12-11-19-28(32)20-22/h8-9,11-14,16-17,19-21H,4-7,10,15,18H2,1-3H3,(H,27,30)/q-1/b17-16+. The number of anilines is 1. The molecular weight excluding hydrogens is 430 g/mol. The highest BCUT2D eigenvalue weighted by atomic mass is 28.3. The van der Waals surface area contributed by atoms with E-state index >= 15 is 0 Å². The fraction of sp³-hybridized carbons (Fsp3) is 0.423. The van der Waals surface area contributed by atoms with Gasteiger partial charge in [-0.1, -0.05) is 59.1 Å². The molecule has 1 atom stereocenters. The van der Waals surface area contributed by atoms with Crippen LogP contribution in [0.4, 0.5) is 5.69 Å².